The van der Waals surface area contributed by atoms with E-state index in [1.165, 1.54) is 30.6 Å². The van der Waals surface area contributed by atoms with Crippen LogP contribution in [-0.4, -0.2) is 65.2 Å². The smallest absolute Gasteiger partial charge is 0.410 e. The minimum atomic E-state index is -2.28. The van der Waals surface area contributed by atoms with Gasteiger partial charge in [-0.3, -0.25) is 9.59 Å². The summed E-state index contributed by atoms with van der Waals surface area (Å²) < 4.78 is 16.5. The molecule has 0 aliphatic carbocycles. The third-order valence-electron chi connectivity index (χ3n) is 6.21. The number of hydrogen-bond donors (Lipinski definition) is 2. The molecule has 0 bridgehead atoms. The summed E-state index contributed by atoms with van der Waals surface area (Å²) in [6.45, 7) is 10.4. The summed E-state index contributed by atoms with van der Waals surface area (Å²) in [6, 6.07) is 8.01. The number of fused-ring (bicyclic) bond motifs is 1. The first kappa shape index (κ1) is 29.9. The summed E-state index contributed by atoms with van der Waals surface area (Å²) in [5.41, 5.74) is -3.23. The molecule has 2 N–H and O–H groups in total. The molecule has 2 amide bonds. The van der Waals surface area contributed by atoms with E-state index in [1.54, 1.807) is 64.6 Å². The van der Waals surface area contributed by atoms with Gasteiger partial charge in [-0.05, 0) is 51.0 Å². The van der Waals surface area contributed by atoms with Crippen LogP contribution in [0.3, 0.4) is 0 Å². The van der Waals surface area contributed by atoms with Crippen LogP contribution in [0.4, 0.5) is 4.79 Å². The number of thiophene rings is 1. The van der Waals surface area contributed by atoms with Gasteiger partial charge in [-0.2, -0.15) is 0 Å². The Labute approximate surface area is 232 Å². The molecular formula is C28H36N2O8S. The van der Waals surface area contributed by atoms with E-state index in [1.807, 2.05) is 0 Å². The lowest BCUT2D eigenvalue weighted by Crippen LogP contribution is -2.63. The maximum atomic E-state index is 13.5. The molecule has 1 aromatic heterocycles. The third-order valence-corrected chi connectivity index (χ3v) is 7.45. The maximum Gasteiger partial charge on any atom is 0.410 e. The molecule has 212 valence electrons. The van der Waals surface area contributed by atoms with Crippen molar-refractivity contribution < 1.29 is 38.5 Å². The van der Waals surface area contributed by atoms with Gasteiger partial charge in [0.15, 0.2) is 0 Å². The molecule has 0 radical (unpaired) electrons. The number of carboxylic acids is 1. The van der Waals surface area contributed by atoms with Crippen LogP contribution in [0.15, 0.2) is 30.3 Å². The highest BCUT2D eigenvalue weighted by atomic mass is 32.1. The molecule has 0 saturated heterocycles. The van der Waals surface area contributed by atoms with E-state index in [4.69, 9.17) is 14.2 Å². The van der Waals surface area contributed by atoms with Crippen LogP contribution in [-0.2, 0) is 27.3 Å². The van der Waals surface area contributed by atoms with Gasteiger partial charge >= 0.3 is 12.1 Å². The topological polar surface area (TPSA) is 131 Å². The predicted octanol–water partition coefficient (Wildman–Crippen LogP) is 4.30. The molecule has 0 spiro atoms. The number of benzene rings is 1. The van der Waals surface area contributed by atoms with Crippen LogP contribution < -0.4 is 14.8 Å². The van der Waals surface area contributed by atoms with E-state index in [9.17, 15) is 24.3 Å². The molecular weight excluding hydrogens is 524 g/mol. The molecule has 1 unspecified atom stereocenters. The van der Waals surface area contributed by atoms with Gasteiger partial charge in [-0.15, -0.1) is 11.3 Å². The molecule has 11 heteroatoms. The van der Waals surface area contributed by atoms with E-state index in [0.717, 1.165) is 10.4 Å². The predicted molar refractivity (Wildman–Crippen MR) is 145 cm³/mol. The fourth-order valence-corrected chi connectivity index (χ4v) is 5.33. The monoisotopic (exact) mass is 560 g/mol. The first-order valence-corrected chi connectivity index (χ1v) is 13.4. The lowest BCUT2D eigenvalue weighted by Gasteiger charge is -2.39. The molecule has 3 rings (SSSR count). The van der Waals surface area contributed by atoms with Crippen LogP contribution in [0.5, 0.6) is 11.5 Å². The summed E-state index contributed by atoms with van der Waals surface area (Å²) in [6.07, 6.45) is 0.158. The second kappa shape index (κ2) is 11.3. The number of amides is 2. The lowest BCUT2D eigenvalue weighted by atomic mass is 9.73. The number of carbonyl (C=O) groups is 4. The van der Waals surface area contributed by atoms with Crippen molar-refractivity contribution in [3.05, 3.63) is 45.6 Å². The summed E-state index contributed by atoms with van der Waals surface area (Å²) in [4.78, 5) is 54.4. The third kappa shape index (κ3) is 6.70. The fourth-order valence-electron chi connectivity index (χ4n) is 4.25. The second-order valence-electron chi connectivity index (χ2n) is 11.3. The van der Waals surface area contributed by atoms with E-state index >= 15 is 0 Å². The Morgan fingerprint density at radius 3 is 2.31 bits per heavy atom. The molecule has 1 aliphatic heterocycles. The first-order chi connectivity index (χ1) is 18.1. The number of nitrogens with one attached hydrogen (secondary N) is 1. The van der Waals surface area contributed by atoms with Gasteiger partial charge in [0.1, 0.15) is 17.1 Å². The molecule has 0 saturated carbocycles. The van der Waals surface area contributed by atoms with Crippen molar-refractivity contribution in [3.8, 4) is 11.5 Å². The zero-order chi connectivity index (χ0) is 29.2. The van der Waals surface area contributed by atoms with E-state index in [-0.39, 0.29) is 5.75 Å². The Hall–Kier alpha value is -3.60. The number of ether oxygens (including phenoxy) is 3. The highest BCUT2D eigenvalue weighted by molar-refractivity contribution is 7.14. The van der Waals surface area contributed by atoms with Crippen molar-refractivity contribution in [2.24, 2.45) is 5.41 Å². The highest BCUT2D eigenvalue weighted by Crippen LogP contribution is 2.37. The van der Waals surface area contributed by atoms with Crippen LogP contribution in [0.25, 0.3) is 0 Å². The highest BCUT2D eigenvalue weighted by Gasteiger charge is 2.57. The molecule has 1 aliphatic rings. The minimum Gasteiger partial charge on any atom is -0.497 e. The van der Waals surface area contributed by atoms with Crippen molar-refractivity contribution in [1.82, 2.24) is 10.2 Å². The Bertz CT molecular complexity index is 1260. The Balaban J connectivity index is 1.75. The molecule has 1 atom stereocenters. The first-order valence-electron chi connectivity index (χ1n) is 12.5. The largest absolute Gasteiger partial charge is 0.497 e. The van der Waals surface area contributed by atoms with E-state index in [2.05, 4.69) is 5.32 Å². The molecule has 10 nitrogen and oxygen atoms in total. The van der Waals surface area contributed by atoms with Crippen LogP contribution in [0, 0.1) is 5.41 Å². The van der Waals surface area contributed by atoms with Gasteiger partial charge in [0, 0.05) is 22.9 Å². The summed E-state index contributed by atoms with van der Waals surface area (Å²) in [5, 5.41) is 12.8. The van der Waals surface area contributed by atoms with Crippen molar-refractivity contribution >= 4 is 35.1 Å². The van der Waals surface area contributed by atoms with E-state index in [0.29, 0.717) is 30.1 Å². The molecule has 39 heavy (non-hydrogen) atoms. The maximum absolute atomic E-state index is 13.5. The second-order valence-corrected chi connectivity index (χ2v) is 12.5. The quantitative estimate of drug-likeness (QED) is 0.457. The number of rotatable bonds is 8. The number of methoxy groups -OCH3 is 1. The fraction of sp³-hybridized carbons (Fsp3) is 0.500. The van der Waals surface area contributed by atoms with Crippen molar-refractivity contribution in [1.29, 1.82) is 0 Å². The van der Waals surface area contributed by atoms with Crippen molar-refractivity contribution in [2.45, 2.75) is 65.7 Å². The van der Waals surface area contributed by atoms with Gasteiger partial charge < -0.3 is 29.5 Å². The van der Waals surface area contributed by atoms with Crippen LogP contribution >= 0.6 is 11.3 Å². The average Bonchev–Trinajstić information content (AvgIpc) is 3.27. The van der Waals surface area contributed by atoms with Gasteiger partial charge in [0.25, 0.3) is 11.5 Å². The lowest BCUT2D eigenvalue weighted by molar-refractivity contribution is -0.172. The zero-order valence-electron chi connectivity index (χ0n) is 23.4. The number of aliphatic carboxylic acids is 1. The number of carboxylic acid groups (broad SMARTS) is 1. The standard InChI is InChI=1S/C28H36N2O8S/c1-26(2,3)28(24(33)34,37-19-10-8-9-18(14-19)36-7)22(31)15-29-23(32)21-13-17-16-30(12-11-20(17)39-21)25(35)38-27(4,5)6/h8-10,13-14H,11-12,15-16H2,1-7H3,(H,29,32)(H,33,34). The number of carbonyl (C=O) groups excluding carboxylic acids is 3. The summed E-state index contributed by atoms with van der Waals surface area (Å²) in [5.74, 6) is -2.21. The molecule has 2 heterocycles. The average molecular weight is 561 g/mol. The minimum absolute atomic E-state index is 0.145. The Morgan fingerprint density at radius 2 is 1.72 bits per heavy atom. The van der Waals surface area contributed by atoms with Crippen molar-refractivity contribution in [2.75, 3.05) is 20.2 Å². The molecule has 0 fully saturated rings. The number of hydrogen-bond acceptors (Lipinski definition) is 8. The zero-order valence-corrected chi connectivity index (χ0v) is 24.2. The Morgan fingerprint density at radius 1 is 1.05 bits per heavy atom. The number of ketones is 1. The van der Waals surface area contributed by atoms with Gasteiger partial charge in [-0.1, -0.05) is 26.8 Å². The normalized spacial score (nSPS) is 15.0. The van der Waals surface area contributed by atoms with Gasteiger partial charge in [-0.25, -0.2) is 9.59 Å². The SMILES string of the molecule is COc1cccc(OC(C(=O)O)(C(=O)CNC(=O)c2cc3c(s2)CCN(C(=O)OC(C)(C)C)C3)C(C)(C)C)c1. The van der Waals surface area contributed by atoms with Gasteiger partial charge in [0.05, 0.1) is 25.1 Å². The summed E-state index contributed by atoms with van der Waals surface area (Å²) >= 11 is 1.28. The van der Waals surface area contributed by atoms with E-state index < -0.39 is 46.9 Å². The number of Topliss-reactive ketones (excluding diaryl/α,β-unsaturated/α-hetero) is 1. The molecule has 2 aromatic rings. The molecule has 1 aromatic carbocycles. The Kier molecular flexibility index (Phi) is 8.64. The van der Waals surface area contributed by atoms with Gasteiger partial charge in [0.2, 0.25) is 5.78 Å². The number of nitrogens with zero attached hydrogens (tertiary/aromatic N) is 1. The van der Waals surface area contributed by atoms with Crippen LogP contribution in [0.2, 0.25) is 0 Å². The van der Waals surface area contributed by atoms with Crippen molar-refractivity contribution in [3.63, 3.8) is 0 Å². The van der Waals surface area contributed by atoms with Crippen LogP contribution in [0.1, 0.15) is 61.7 Å². The summed E-state index contributed by atoms with van der Waals surface area (Å²) in [7, 11) is 1.46.